The first-order valence-electron chi connectivity index (χ1n) is 8.31. The number of nitrogens with two attached hydrogens (primary N) is 1. The summed E-state index contributed by atoms with van der Waals surface area (Å²) in [6, 6.07) is 2.88. The van der Waals surface area contributed by atoms with E-state index in [-0.39, 0.29) is 27.8 Å². The van der Waals surface area contributed by atoms with Crippen molar-refractivity contribution in [3.05, 3.63) is 30.5 Å². The average molecular weight is 408 g/mol. The number of halogens is 1. The number of hydrogen-bond acceptors (Lipinski definition) is 7. The van der Waals surface area contributed by atoms with Gasteiger partial charge in [-0.3, -0.25) is 4.40 Å². The Morgan fingerprint density at radius 3 is 2.36 bits per heavy atom. The maximum absolute atomic E-state index is 14.5. The van der Waals surface area contributed by atoms with Crippen molar-refractivity contribution in [2.45, 2.75) is 30.4 Å². The normalized spacial score (nSPS) is 12.4. The number of hydrogen-bond donors (Lipinski definition) is 1. The third-order valence-corrected chi connectivity index (χ3v) is 6.85. The summed E-state index contributed by atoms with van der Waals surface area (Å²) in [7, 11) is -0.973. The van der Waals surface area contributed by atoms with Gasteiger partial charge in [0.2, 0.25) is 5.95 Å². The minimum absolute atomic E-state index is 0.0231. The molecule has 0 aliphatic heterocycles. The van der Waals surface area contributed by atoms with E-state index in [9.17, 15) is 12.8 Å². The van der Waals surface area contributed by atoms with E-state index in [2.05, 4.69) is 9.97 Å². The molecule has 0 atom stereocenters. The molecule has 3 rings (SSSR count). The zero-order valence-electron chi connectivity index (χ0n) is 16.1. The van der Waals surface area contributed by atoms with E-state index in [1.54, 1.807) is 20.8 Å². The first-order valence-corrected chi connectivity index (χ1v) is 9.79. The molecule has 0 unspecified atom stereocenters. The van der Waals surface area contributed by atoms with Crippen LogP contribution in [0.4, 0.5) is 10.2 Å². The lowest BCUT2D eigenvalue weighted by molar-refractivity contribution is 0.401. The SMILES string of the molecule is COc1cc2ncc(-c3cc(OC)c(N)nc3F)n2cc1S(=O)(=O)C(C)(C)C. The Morgan fingerprint density at radius 1 is 1.14 bits per heavy atom. The second-order valence-corrected chi connectivity index (χ2v) is 9.78. The van der Waals surface area contributed by atoms with Crippen LogP contribution in [0.25, 0.3) is 16.9 Å². The number of ether oxygens (including phenoxy) is 2. The zero-order chi connectivity index (χ0) is 20.9. The second kappa shape index (κ2) is 6.62. The van der Waals surface area contributed by atoms with Gasteiger partial charge < -0.3 is 15.2 Å². The van der Waals surface area contributed by atoms with E-state index in [1.807, 2.05) is 0 Å². The number of nitrogen functional groups attached to an aromatic ring is 1. The van der Waals surface area contributed by atoms with Crippen LogP contribution in [-0.4, -0.2) is 41.8 Å². The highest BCUT2D eigenvalue weighted by Crippen LogP contribution is 2.35. The van der Waals surface area contributed by atoms with Crippen molar-refractivity contribution < 1.29 is 22.3 Å². The number of fused-ring (bicyclic) bond motifs is 1. The Morgan fingerprint density at radius 2 is 1.79 bits per heavy atom. The molecule has 0 aromatic carbocycles. The number of sulfone groups is 1. The van der Waals surface area contributed by atoms with Gasteiger partial charge in [-0.2, -0.15) is 9.37 Å². The summed E-state index contributed by atoms with van der Waals surface area (Å²) < 4.78 is 51.3. The highest BCUT2D eigenvalue weighted by atomic mass is 32.2. The summed E-state index contributed by atoms with van der Waals surface area (Å²) in [5.41, 5.74) is 6.39. The lowest BCUT2D eigenvalue weighted by Gasteiger charge is -2.21. The Balaban J connectivity index is 2.33. The van der Waals surface area contributed by atoms with Crippen LogP contribution in [0.2, 0.25) is 0 Å². The minimum atomic E-state index is -3.74. The van der Waals surface area contributed by atoms with E-state index in [0.29, 0.717) is 11.3 Å². The topological polar surface area (TPSA) is 109 Å². The van der Waals surface area contributed by atoms with Crippen molar-refractivity contribution in [1.29, 1.82) is 0 Å². The van der Waals surface area contributed by atoms with Crippen LogP contribution in [-0.2, 0) is 9.84 Å². The van der Waals surface area contributed by atoms with Crippen molar-refractivity contribution in [2.24, 2.45) is 0 Å². The molecule has 3 aromatic heterocycles. The first kappa shape index (κ1) is 19.9. The highest BCUT2D eigenvalue weighted by Gasteiger charge is 2.34. The van der Waals surface area contributed by atoms with Gasteiger partial charge in [0.05, 0.1) is 36.4 Å². The van der Waals surface area contributed by atoms with Crippen molar-refractivity contribution in [2.75, 3.05) is 20.0 Å². The minimum Gasteiger partial charge on any atom is -0.495 e. The van der Waals surface area contributed by atoms with Gasteiger partial charge in [-0.25, -0.2) is 13.4 Å². The van der Waals surface area contributed by atoms with E-state index in [0.717, 1.165) is 0 Å². The molecule has 3 aromatic rings. The van der Waals surface area contributed by atoms with E-state index in [1.165, 1.54) is 43.1 Å². The molecular formula is C18H21FN4O4S. The highest BCUT2D eigenvalue weighted by molar-refractivity contribution is 7.92. The lowest BCUT2D eigenvalue weighted by Crippen LogP contribution is -2.28. The van der Waals surface area contributed by atoms with Gasteiger partial charge in [0.1, 0.15) is 16.3 Å². The molecule has 3 heterocycles. The largest absolute Gasteiger partial charge is 0.495 e. The molecule has 0 aliphatic carbocycles. The number of imidazole rings is 1. The average Bonchev–Trinajstić information content (AvgIpc) is 3.02. The summed E-state index contributed by atoms with van der Waals surface area (Å²) in [6.07, 6.45) is 2.79. The maximum Gasteiger partial charge on any atom is 0.224 e. The number of rotatable bonds is 4. The Bertz CT molecular complexity index is 1170. The molecule has 0 saturated heterocycles. The maximum atomic E-state index is 14.5. The van der Waals surface area contributed by atoms with Crippen molar-refractivity contribution in [3.8, 4) is 22.8 Å². The van der Waals surface area contributed by atoms with Crippen LogP contribution in [0.5, 0.6) is 11.5 Å². The molecule has 0 fully saturated rings. The molecular weight excluding hydrogens is 387 g/mol. The predicted molar refractivity (Wildman–Crippen MR) is 103 cm³/mol. The fraction of sp³-hybridized carbons (Fsp3) is 0.333. The molecule has 8 nitrogen and oxygen atoms in total. The number of pyridine rings is 2. The van der Waals surface area contributed by atoms with E-state index < -0.39 is 20.5 Å². The number of methoxy groups -OCH3 is 2. The summed E-state index contributed by atoms with van der Waals surface area (Å²) in [5.74, 6) is -0.554. The fourth-order valence-corrected chi connectivity index (χ4v) is 4.02. The van der Waals surface area contributed by atoms with Gasteiger partial charge in [-0.15, -0.1) is 0 Å². The quantitative estimate of drug-likeness (QED) is 0.661. The molecule has 28 heavy (non-hydrogen) atoms. The Labute approximate surface area is 162 Å². The molecule has 0 bridgehead atoms. The number of aromatic nitrogens is 3. The predicted octanol–water partition coefficient (Wildman–Crippen LogP) is 2.71. The summed E-state index contributed by atoms with van der Waals surface area (Å²) >= 11 is 0. The molecule has 0 radical (unpaired) electrons. The van der Waals surface area contributed by atoms with Gasteiger partial charge in [0, 0.05) is 12.3 Å². The number of nitrogens with zero attached hydrogens (tertiary/aromatic N) is 3. The lowest BCUT2D eigenvalue weighted by atomic mass is 10.2. The van der Waals surface area contributed by atoms with E-state index in [4.69, 9.17) is 15.2 Å². The van der Waals surface area contributed by atoms with Crippen LogP contribution in [0.3, 0.4) is 0 Å². The molecule has 0 amide bonds. The fourth-order valence-electron chi connectivity index (χ4n) is 2.71. The molecule has 150 valence electrons. The number of anilines is 1. The van der Waals surface area contributed by atoms with Crippen molar-refractivity contribution >= 4 is 21.3 Å². The summed E-state index contributed by atoms with van der Waals surface area (Å²) in [4.78, 5) is 7.86. The second-order valence-electron chi connectivity index (χ2n) is 7.11. The standard InChI is InChI=1S/C18H21FN4O4S/c1-18(2,3)28(24,25)14-9-23-11(8-21-15(23)7-12(14)26-4)10-6-13(27-5)17(20)22-16(10)19/h6-9H,1-5H3,(H2,20,22). The van der Waals surface area contributed by atoms with Crippen LogP contribution in [0, 0.1) is 5.95 Å². The summed E-state index contributed by atoms with van der Waals surface area (Å²) in [5, 5.41) is 0. The molecule has 10 heteroatoms. The van der Waals surface area contributed by atoms with Gasteiger partial charge in [0.15, 0.2) is 21.4 Å². The van der Waals surface area contributed by atoms with Crippen LogP contribution in [0.1, 0.15) is 20.8 Å². The Hall–Kier alpha value is -2.88. The van der Waals surface area contributed by atoms with Crippen LogP contribution in [0.15, 0.2) is 29.4 Å². The monoisotopic (exact) mass is 408 g/mol. The van der Waals surface area contributed by atoms with Crippen LogP contribution >= 0.6 is 0 Å². The van der Waals surface area contributed by atoms with Crippen molar-refractivity contribution in [1.82, 2.24) is 14.4 Å². The molecule has 0 aliphatic rings. The van der Waals surface area contributed by atoms with Crippen molar-refractivity contribution in [3.63, 3.8) is 0 Å². The van der Waals surface area contributed by atoms with E-state index >= 15 is 0 Å². The van der Waals surface area contributed by atoms with Gasteiger partial charge >= 0.3 is 0 Å². The van der Waals surface area contributed by atoms with Gasteiger partial charge in [-0.1, -0.05) is 0 Å². The first-order chi connectivity index (χ1) is 13.0. The molecule has 0 spiro atoms. The third kappa shape index (κ3) is 3.03. The van der Waals surface area contributed by atoms with Gasteiger partial charge in [-0.05, 0) is 26.8 Å². The van der Waals surface area contributed by atoms with Gasteiger partial charge in [0.25, 0.3) is 0 Å². The Kier molecular flexibility index (Phi) is 4.70. The van der Waals surface area contributed by atoms with Crippen LogP contribution < -0.4 is 15.2 Å². The smallest absolute Gasteiger partial charge is 0.224 e. The summed E-state index contributed by atoms with van der Waals surface area (Å²) in [6.45, 7) is 4.78. The zero-order valence-corrected chi connectivity index (χ0v) is 17.0. The third-order valence-electron chi connectivity index (χ3n) is 4.36. The molecule has 2 N–H and O–H groups in total. The molecule has 0 saturated carbocycles.